The lowest BCUT2D eigenvalue weighted by Gasteiger charge is -2.22. The third kappa shape index (κ3) is 3.82. The molecular formula is C17H24FN3O2. The van der Waals surface area contributed by atoms with Crippen molar-refractivity contribution in [3.63, 3.8) is 0 Å². The topological polar surface area (TPSA) is 44.8 Å². The van der Waals surface area contributed by atoms with Crippen molar-refractivity contribution in [1.29, 1.82) is 0 Å². The van der Waals surface area contributed by atoms with Gasteiger partial charge in [-0.3, -0.25) is 4.79 Å². The molecule has 1 aromatic rings. The summed E-state index contributed by atoms with van der Waals surface area (Å²) in [5.41, 5.74) is 0. The summed E-state index contributed by atoms with van der Waals surface area (Å²) in [4.78, 5) is 16.7. The van der Waals surface area contributed by atoms with Crippen LogP contribution in [0.15, 0.2) is 24.3 Å². The minimum atomic E-state index is -0.312. The lowest BCUT2D eigenvalue weighted by Crippen LogP contribution is -2.43. The highest BCUT2D eigenvalue weighted by Gasteiger charge is 2.36. The molecule has 0 aromatic heterocycles. The summed E-state index contributed by atoms with van der Waals surface area (Å²) < 4.78 is 19.0. The lowest BCUT2D eigenvalue weighted by molar-refractivity contribution is -0.132. The lowest BCUT2D eigenvalue weighted by atomic mass is 10.2. The summed E-state index contributed by atoms with van der Waals surface area (Å²) >= 11 is 0. The van der Waals surface area contributed by atoms with E-state index in [9.17, 15) is 9.18 Å². The van der Waals surface area contributed by atoms with Crippen molar-refractivity contribution < 1.29 is 13.9 Å². The average molecular weight is 321 g/mol. The normalized spacial score (nSPS) is 27.7. The Kier molecular flexibility index (Phi) is 4.82. The highest BCUT2D eigenvalue weighted by atomic mass is 19.1. The number of nitrogens with one attached hydrogen (secondary N) is 1. The Bertz CT molecular complexity index is 567. The van der Waals surface area contributed by atoms with Crippen molar-refractivity contribution in [2.45, 2.75) is 31.0 Å². The second-order valence-electron chi connectivity index (χ2n) is 6.58. The van der Waals surface area contributed by atoms with Crippen LogP contribution < -0.4 is 10.1 Å². The third-order valence-electron chi connectivity index (χ3n) is 4.69. The number of carbonyl (C=O) groups is 1. The fourth-order valence-electron chi connectivity index (χ4n) is 3.30. The molecule has 0 radical (unpaired) electrons. The Hall–Kier alpha value is -1.66. The number of likely N-dealkylation sites (N-methyl/N-ethyl adjacent to an activating group) is 1. The Balaban J connectivity index is 1.52. The van der Waals surface area contributed by atoms with Crippen LogP contribution in [0.1, 0.15) is 12.8 Å². The fourth-order valence-corrected chi connectivity index (χ4v) is 3.30. The van der Waals surface area contributed by atoms with Crippen LogP contribution in [-0.2, 0) is 4.79 Å². The van der Waals surface area contributed by atoms with E-state index in [-0.39, 0.29) is 23.9 Å². The zero-order chi connectivity index (χ0) is 16.4. The van der Waals surface area contributed by atoms with Gasteiger partial charge in [-0.1, -0.05) is 6.07 Å². The summed E-state index contributed by atoms with van der Waals surface area (Å²) in [5.74, 6) is 0.353. The molecule has 0 saturated carbocycles. The molecule has 0 bridgehead atoms. The van der Waals surface area contributed by atoms with Crippen molar-refractivity contribution in [1.82, 2.24) is 15.1 Å². The monoisotopic (exact) mass is 321 g/mol. The van der Waals surface area contributed by atoms with E-state index in [2.05, 4.69) is 24.3 Å². The molecular weight excluding hydrogens is 297 g/mol. The van der Waals surface area contributed by atoms with E-state index in [1.54, 1.807) is 12.1 Å². The first kappa shape index (κ1) is 16.2. The fraction of sp³-hybridized carbons (Fsp3) is 0.588. The van der Waals surface area contributed by atoms with Gasteiger partial charge in [0.25, 0.3) is 0 Å². The molecule has 23 heavy (non-hydrogen) atoms. The van der Waals surface area contributed by atoms with Gasteiger partial charge < -0.3 is 19.9 Å². The first-order chi connectivity index (χ1) is 11.0. The van der Waals surface area contributed by atoms with Crippen LogP contribution in [0, 0.1) is 5.82 Å². The molecule has 1 amide bonds. The van der Waals surface area contributed by atoms with Crippen molar-refractivity contribution in [2.75, 3.05) is 33.7 Å². The Morgan fingerprint density at radius 3 is 2.96 bits per heavy atom. The SMILES string of the molecule is CN(C)[C@H]1CCN(C(=O)[C@H]2C[C@H](Oc3cccc(F)c3)CN2)C1. The molecule has 126 valence electrons. The van der Waals surface area contributed by atoms with E-state index in [1.807, 2.05) is 4.90 Å². The molecule has 2 aliphatic heterocycles. The van der Waals surface area contributed by atoms with E-state index < -0.39 is 0 Å². The highest BCUT2D eigenvalue weighted by molar-refractivity contribution is 5.82. The van der Waals surface area contributed by atoms with Gasteiger partial charge in [-0.05, 0) is 32.6 Å². The molecule has 0 unspecified atom stereocenters. The summed E-state index contributed by atoms with van der Waals surface area (Å²) in [6.45, 7) is 2.21. The summed E-state index contributed by atoms with van der Waals surface area (Å²) in [6, 6.07) is 6.37. The number of likely N-dealkylation sites (tertiary alicyclic amines) is 1. The number of halogens is 1. The van der Waals surface area contributed by atoms with Gasteiger partial charge >= 0.3 is 0 Å². The van der Waals surface area contributed by atoms with Crippen molar-refractivity contribution in [3.05, 3.63) is 30.1 Å². The van der Waals surface area contributed by atoms with Gasteiger partial charge in [0.15, 0.2) is 0 Å². The molecule has 0 spiro atoms. The Labute approximate surface area is 136 Å². The molecule has 2 saturated heterocycles. The first-order valence-corrected chi connectivity index (χ1v) is 8.14. The summed E-state index contributed by atoms with van der Waals surface area (Å²) in [6.07, 6.45) is 1.55. The maximum absolute atomic E-state index is 13.2. The average Bonchev–Trinajstić information content (AvgIpc) is 3.15. The number of rotatable bonds is 4. The van der Waals surface area contributed by atoms with E-state index in [4.69, 9.17) is 4.74 Å². The molecule has 1 N–H and O–H groups in total. The summed E-state index contributed by atoms with van der Waals surface area (Å²) in [7, 11) is 4.10. The quantitative estimate of drug-likeness (QED) is 0.902. The Morgan fingerprint density at radius 1 is 1.43 bits per heavy atom. The molecule has 2 aliphatic rings. The van der Waals surface area contributed by atoms with E-state index in [0.29, 0.717) is 24.8 Å². The second kappa shape index (κ2) is 6.84. The molecule has 0 aliphatic carbocycles. The van der Waals surface area contributed by atoms with Gasteiger partial charge in [-0.15, -0.1) is 0 Å². The zero-order valence-electron chi connectivity index (χ0n) is 13.7. The van der Waals surface area contributed by atoms with Crippen LogP contribution in [0.25, 0.3) is 0 Å². The van der Waals surface area contributed by atoms with Gasteiger partial charge in [0.05, 0.1) is 6.04 Å². The number of carbonyl (C=O) groups excluding carboxylic acids is 1. The highest BCUT2D eigenvalue weighted by Crippen LogP contribution is 2.21. The summed E-state index contributed by atoms with van der Waals surface area (Å²) in [5, 5.41) is 3.24. The maximum Gasteiger partial charge on any atom is 0.239 e. The molecule has 2 heterocycles. The van der Waals surface area contributed by atoms with Gasteiger partial charge in [0.1, 0.15) is 17.7 Å². The van der Waals surface area contributed by atoms with Crippen LogP contribution in [0.5, 0.6) is 5.75 Å². The number of hydrogen-bond acceptors (Lipinski definition) is 4. The molecule has 6 heteroatoms. The van der Waals surface area contributed by atoms with Crippen LogP contribution >= 0.6 is 0 Å². The largest absolute Gasteiger partial charge is 0.489 e. The van der Waals surface area contributed by atoms with Crippen molar-refractivity contribution in [3.8, 4) is 5.75 Å². The van der Waals surface area contributed by atoms with Gasteiger partial charge in [0, 0.05) is 38.2 Å². The predicted octanol–water partition coefficient (Wildman–Crippen LogP) is 1.10. The van der Waals surface area contributed by atoms with Crippen LogP contribution in [0.4, 0.5) is 4.39 Å². The first-order valence-electron chi connectivity index (χ1n) is 8.14. The maximum atomic E-state index is 13.2. The molecule has 3 rings (SSSR count). The minimum absolute atomic E-state index is 0.0991. The van der Waals surface area contributed by atoms with Crippen molar-refractivity contribution >= 4 is 5.91 Å². The number of benzene rings is 1. The van der Waals surface area contributed by atoms with Gasteiger partial charge in [-0.25, -0.2) is 4.39 Å². The van der Waals surface area contributed by atoms with Crippen LogP contribution in [0.2, 0.25) is 0 Å². The molecule has 2 fully saturated rings. The standard InChI is InChI=1S/C17H24FN3O2/c1-20(2)13-6-7-21(11-13)17(22)16-9-15(10-19-16)23-14-5-3-4-12(18)8-14/h3-5,8,13,15-16,19H,6-7,9-11H2,1-2H3/t13-,15-,16+/m0/s1. The van der Waals surface area contributed by atoms with E-state index >= 15 is 0 Å². The molecule has 3 atom stereocenters. The van der Waals surface area contributed by atoms with Crippen LogP contribution in [0.3, 0.4) is 0 Å². The molecule has 1 aromatic carbocycles. The number of hydrogen-bond donors (Lipinski definition) is 1. The molecule has 5 nitrogen and oxygen atoms in total. The predicted molar refractivity (Wildman–Crippen MR) is 85.9 cm³/mol. The second-order valence-corrected chi connectivity index (χ2v) is 6.58. The number of amides is 1. The van der Waals surface area contributed by atoms with Crippen molar-refractivity contribution in [2.24, 2.45) is 0 Å². The number of nitrogens with zero attached hydrogens (tertiary/aromatic N) is 2. The van der Waals surface area contributed by atoms with Crippen LogP contribution in [-0.4, -0.2) is 67.6 Å². The zero-order valence-corrected chi connectivity index (χ0v) is 13.7. The smallest absolute Gasteiger partial charge is 0.239 e. The number of ether oxygens (including phenoxy) is 1. The Morgan fingerprint density at radius 2 is 2.26 bits per heavy atom. The third-order valence-corrected chi connectivity index (χ3v) is 4.69. The van der Waals surface area contributed by atoms with Gasteiger partial charge in [-0.2, -0.15) is 0 Å². The van der Waals surface area contributed by atoms with E-state index in [0.717, 1.165) is 19.5 Å². The van der Waals surface area contributed by atoms with Gasteiger partial charge in [0.2, 0.25) is 5.91 Å². The minimum Gasteiger partial charge on any atom is -0.489 e. The van der Waals surface area contributed by atoms with E-state index in [1.165, 1.54) is 12.1 Å².